The highest BCUT2D eigenvalue weighted by molar-refractivity contribution is 5.92. The van der Waals surface area contributed by atoms with Crippen LogP contribution in [0.2, 0.25) is 0 Å². The molecule has 0 aliphatic rings. The molecule has 0 aliphatic heterocycles. The van der Waals surface area contributed by atoms with Gasteiger partial charge in [0.15, 0.2) is 11.5 Å². The van der Waals surface area contributed by atoms with Crippen molar-refractivity contribution >= 4 is 12.0 Å². The van der Waals surface area contributed by atoms with Crippen LogP contribution in [0.4, 0.5) is 0 Å². The number of ether oxygens (including phenoxy) is 2. The Morgan fingerprint density at radius 2 is 1.91 bits per heavy atom. The lowest BCUT2D eigenvalue weighted by atomic mass is 10.2. The van der Waals surface area contributed by atoms with Gasteiger partial charge in [-0.2, -0.15) is 0 Å². The summed E-state index contributed by atoms with van der Waals surface area (Å²) in [6, 6.07) is 5.54. The molecule has 0 unspecified atom stereocenters. The van der Waals surface area contributed by atoms with Gasteiger partial charge in [0.25, 0.3) is 0 Å². The molecule has 4 nitrogen and oxygen atoms in total. The maximum absolute atomic E-state index is 12.1. The Morgan fingerprint density at radius 3 is 2.45 bits per heavy atom. The lowest BCUT2D eigenvalue weighted by Crippen LogP contribution is -2.29. The first-order valence-corrected chi connectivity index (χ1v) is 7.15. The molecular weight excluding hydrogens is 278 g/mol. The highest BCUT2D eigenvalue weighted by Gasteiger charge is 2.07. The molecule has 118 valence electrons. The van der Waals surface area contributed by atoms with Gasteiger partial charge >= 0.3 is 0 Å². The Bertz CT molecular complexity index is 539. The van der Waals surface area contributed by atoms with Gasteiger partial charge in [0.05, 0.1) is 13.7 Å². The molecule has 22 heavy (non-hydrogen) atoms. The summed E-state index contributed by atoms with van der Waals surface area (Å²) >= 11 is 0. The van der Waals surface area contributed by atoms with Crippen molar-refractivity contribution in [3.8, 4) is 11.5 Å². The van der Waals surface area contributed by atoms with E-state index in [1.165, 1.54) is 6.08 Å². The lowest BCUT2D eigenvalue weighted by Gasteiger charge is -2.16. The van der Waals surface area contributed by atoms with Gasteiger partial charge < -0.3 is 14.4 Å². The summed E-state index contributed by atoms with van der Waals surface area (Å²) in [6.07, 6.45) is 6.67. The van der Waals surface area contributed by atoms with Crippen molar-refractivity contribution in [3.63, 3.8) is 0 Å². The Kier molecular flexibility index (Phi) is 7.54. The van der Waals surface area contributed by atoms with Crippen molar-refractivity contribution in [3.05, 3.63) is 55.1 Å². The number of rotatable bonds is 9. The molecule has 4 heteroatoms. The first-order chi connectivity index (χ1) is 10.7. The molecule has 0 atom stereocenters. The molecule has 0 aromatic heterocycles. The quantitative estimate of drug-likeness (QED) is 0.519. The second kappa shape index (κ2) is 9.45. The topological polar surface area (TPSA) is 38.8 Å². The minimum Gasteiger partial charge on any atom is -0.493 e. The summed E-state index contributed by atoms with van der Waals surface area (Å²) in [5, 5.41) is 0. The van der Waals surface area contributed by atoms with E-state index >= 15 is 0 Å². The first kappa shape index (κ1) is 17.6. The fourth-order valence-electron chi connectivity index (χ4n) is 1.90. The lowest BCUT2D eigenvalue weighted by molar-refractivity contribution is -0.124. The van der Waals surface area contributed by atoms with Crippen LogP contribution < -0.4 is 9.47 Å². The molecule has 1 amide bonds. The number of hydrogen-bond donors (Lipinski definition) is 0. The van der Waals surface area contributed by atoms with Crippen LogP contribution in [0.1, 0.15) is 12.5 Å². The third-order valence-corrected chi connectivity index (χ3v) is 2.92. The van der Waals surface area contributed by atoms with E-state index in [-0.39, 0.29) is 5.91 Å². The van der Waals surface area contributed by atoms with Gasteiger partial charge in [0, 0.05) is 19.2 Å². The van der Waals surface area contributed by atoms with E-state index < -0.39 is 0 Å². The van der Waals surface area contributed by atoms with Crippen molar-refractivity contribution in [2.75, 3.05) is 26.8 Å². The highest BCUT2D eigenvalue weighted by atomic mass is 16.5. The second-order valence-corrected chi connectivity index (χ2v) is 4.50. The number of carbonyl (C=O) groups is 1. The number of carbonyl (C=O) groups excluding carboxylic acids is 1. The summed E-state index contributed by atoms with van der Waals surface area (Å²) in [7, 11) is 1.60. The molecule has 1 aromatic carbocycles. The number of nitrogens with zero attached hydrogens (tertiary/aromatic N) is 1. The predicted molar refractivity (Wildman–Crippen MR) is 90.2 cm³/mol. The third kappa shape index (κ3) is 5.13. The smallest absolute Gasteiger partial charge is 0.247 e. The molecule has 0 saturated carbocycles. The fourth-order valence-corrected chi connectivity index (χ4v) is 1.90. The standard InChI is InChI=1S/C18H23NO3/c1-5-12-19(13-6-2)18(20)11-9-15-8-10-16(21-4)17(14-15)22-7-3/h5-6,8-11,14H,1-2,7,12-13H2,3-4H3/b11-9+. The zero-order valence-electron chi connectivity index (χ0n) is 13.2. The summed E-state index contributed by atoms with van der Waals surface area (Å²) in [6.45, 7) is 10.7. The Morgan fingerprint density at radius 1 is 1.23 bits per heavy atom. The van der Waals surface area contributed by atoms with E-state index in [0.717, 1.165) is 5.56 Å². The number of methoxy groups -OCH3 is 1. The Balaban J connectivity index is 2.88. The first-order valence-electron chi connectivity index (χ1n) is 7.15. The van der Waals surface area contributed by atoms with Gasteiger partial charge in [-0.15, -0.1) is 13.2 Å². The molecule has 0 N–H and O–H groups in total. The zero-order valence-corrected chi connectivity index (χ0v) is 13.2. The van der Waals surface area contributed by atoms with Crippen LogP contribution in [0.15, 0.2) is 49.6 Å². The largest absolute Gasteiger partial charge is 0.493 e. The van der Waals surface area contributed by atoms with Crippen LogP contribution in [-0.2, 0) is 4.79 Å². The van der Waals surface area contributed by atoms with Gasteiger partial charge in [0.1, 0.15) is 0 Å². The number of amides is 1. The van der Waals surface area contributed by atoms with Crippen LogP contribution >= 0.6 is 0 Å². The van der Waals surface area contributed by atoms with Gasteiger partial charge in [0.2, 0.25) is 5.91 Å². The van der Waals surface area contributed by atoms with Gasteiger partial charge in [-0.25, -0.2) is 0 Å². The van der Waals surface area contributed by atoms with Gasteiger partial charge in [-0.05, 0) is 30.7 Å². The number of hydrogen-bond acceptors (Lipinski definition) is 3. The molecule has 0 spiro atoms. The van der Waals surface area contributed by atoms with E-state index in [1.807, 2.05) is 25.1 Å². The summed E-state index contributed by atoms with van der Waals surface area (Å²) < 4.78 is 10.8. The minimum atomic E-state index is -0.0893. The average Bonchev–Trinajstić information content (AvgIpc) is 2.53. The van der Waals surface area contributed by atoms with Crippen LogP contribution in [0.5, 0.6) is 11.5 Å². The molecular formula is C18H23NO3. The average molecular weight is 301 g/mol. The van der Waals surface area contributed by atoms with Crippen LogP contribution in [0, 0.1) is 0 Å². The Hall–Kier alpha value is -2.49. The maximum atomic E-state index is 12.1. The molecule has 1 aromatic rings. The monoisotopic (exact) mass is 301 g/mol. The Labute approximate surface area is 132 Å². The maximum Gasteiger partial charge on any atom is 0.247 e. The third-order valence-electron chi connectivity index (χ3n) is 2.92. The van der Waals surface area contributed by atoms with Crippen LogP contribution in [0.25, 0.3) is 6.08 Å². The molecule has 0 fully saturated rings. The molecule has 0 aliphatic carbocycles. The van der Waals surface area contributed by atoms with Crippen LogP contribution in [-0.4, -0.2) is 37.6 Å². The molecule has 0 radical (unpaired) electrons. The van der Waals surface area contributed by atoms with Gasteiger partial charge in [-0.3, -0.25) is 4.79 Å². The van der Waals surface area contributed by atoms with E-state index in [9.17, 15) is 4.79 Å². The second-order valence-electron chi connectivity index (χ2n) is 4.50. The van der Waals surface area contributed by atoms with Crippen molar-refractivity contribution in [2.24, 2.45) is 0 Å². The van der Waals surface area contributed by atoms with Crippen molar-refractivity contribution in [1.29, 1.82) is 0 Å². The minimum absolute atomic E-state index is 0.0893. The highest BCUT2D eigenvalue weighted by Crippen LogP contribution is 2.28. The molecule has 0 heterocycles. The SMILES string of the molecule is C=CCN(CC=C)C(=O)/C=C/c1ccc(OC)c(OCC)c1. The van der Waals surface area contributed by atoms with E-state index in [0.29, 0.717) is 31.2 Å². The van der Waals surface area contributed by atoms with E-state index in [1.54, 1.807) is 30.2 Å². The molecule has 0 saturated heterocycles. The summed E-state index contributed by atoms with van der Waals surface area (Å²) in [5.41, 5.74) is 0.870. The van der Waals surface area contributed by atoms with Crippen molar-refractivity contribution < 1.29 is 14.3 Å². The van der Waals surface area contributed by atoms with E-state index in [4.69, 9.17) is 9.47 Å². The van der Waals surface area contributed by atoms with Crippen molar-refractivity contribution in [1.82, 2.24) is 4.90 Å². The molecule has 1 rings (SSSR count). The summed E-state index contributed by atoms with van der Waals surface area (Å²) in [4.78, 5) is 13.8. The van der Waals surface area contributed by atoms with Gasteiger partial charge in [-0.1, -0.05) is 18.2 Å². The van der Waals surface area contributed by atoms with Crippen LogP contribution in [0.3, 0.4) is 0 Å². The van der Waals surface area contributed by atoms with E-state index in [2.05, 4.69) is 13.2 Å². The van der Waals surface area contributed by atoms with Crippen molar-refractivity contribution in [2.45, 2.75) is 6.92 Å². The molecule has 0 bridgehead atoms. The fraction of sp³-hybridized carbons (Fsp3) is 0.278. The predicted octanol–water partition coefficient (Wildman–Crippen LogP) is 3.31. The number of benzene rings is 1. The summed E-state index contributed by atoms with van der Waals surface area (Å²) in [5.74, 6) is 1.24. The normalized spacial score (nSPS) is 10.3. The zero-order chi connectivity index (χ0) is 16.4.